The van der Waals surface area contributed by atoms with Gasteiger partial charge in [-0.2, -0.15) is 0 Å². The standard InChI is InChI=1S/C19H14F2N4O5/c1-8-5-13(19(28)29)25-16(8)22-7-12(18(25)27)23-17(26)14-6-11(24-30-14)15-9(20)3-2-4-10(15)21/h2-4,6-8,13H,5H2,1H3,(H,23,26)(H,28,29)/t8-,13+/m1/s1. The van der Waals surface area contributed by atoms with E-state index in [-0.39, 0.29) is 23.7 Å². The summed E-state index contributed by atoms with van der Waals surface area (Å²) < 4.78 is 33.7. The highest BCUT2D eigenvalue weighted by molar-refractivity contribution is 6.02. The van der Waals surface area contributed by atoms with Gasteiger partial charge in [0.2, 0.25) is 5.76 Å². The first-order valence-electron chi connectivity index (χ1n) is 8.84. The van der Waals surface area contributed by atoms with Crippen molar-refractivity contribution in [1.29, 1.82) is 0 Å². The van der Waals surface area contributed by atoms with Crippen molar-refractivity contribution in [3.8, 4) is 11.3 Å². The number of hydrogen-bond acceptors (Lipinski definition) is 6. The number of carboxylic acid groups (broad SMARTS) is 1. The molecule has 0 bridgehead atoms. The highest BCUT2D eigenvalue weighted by atomic mass is 19.1. The minimum absolute atomic E-state index is 0.203. The quantitative estimate of drug-likeness (QED) is 0.669. The number of carbonyl (C=O) groups excluding carboxylic acids is 1. The number of aromatic nitrogens is 3. The summed E-state index contributed by atoms with van der Waals surface area (Å²) in [6.45, 7) is 1.75. The van der Waals surface area contributed by atoms with Crippen molar-refractivity contribution in [3.05, 3.63) is 64.0 Å². The third kappa shape index (κ3) is 3.13. The average Bonchev–Trinajstić information content (AvgIpc) is 3.29. The largest absolute Gasteiger partial charge is 0.480 e. The van der Waals surface area contributed by atoms with Crippen LogP contribution in [0.5, 0.6) is 0 Å². The smallest absolute Gasteiger partial charge is 0.326 e. The van der Waals surface area contributed by atoms with Crippen LogP contribution in [0.25, 0.3) is 11.3 Å². The van der Waals surface area contributed by atoms with Crippen molar-refractivity contribution >= 4 is 17.6 Å². The first-order chi connectivity index (χ1) is 14.3. The number of nitrogens with one attached hydrogen (secondary N) is 1. The van der Waals surface area contributed by atoms with Crippen LogP contribution in [-0.4, -0.2) is 31.7 Å². The Morgan fingerprint density at radius 2 is 2.00 bits per heavy atom. The molecule has 154 valence electrons. The summed E-state index contributed by atoms with van der Waals surface area (Å²) in [5, 5.41) is 15.1. The maximum absolute atomic E-state index is 13.9. The van der Waals surface area contributed by atoms with Gasteiger partial charge in [0, 0.05) is 12.0 Å². The summed E-state index contributed by atoms with van der Waals surface area (Å²) in [5.41, 5.74) is -1.69. The fourth-order valence-electron chi connectivity index (χ4n) is 3.42. The van der Waals surface area contributed by atoms with Crippen molar-refractivity contribution < 1.29 is 28.0 Å². The van der Waals surface area contributed by atoms with E-state index < -0.39 is 46.4 Å². The van der Waals surface area contributed by atoms with Crippen molar-refractivity contribution in [2.24, 2.45) is 0 Å². The molecule has 1 aliphatic rings. The van der Waals surface area contributed by atoms with Crippen LogP contribution in [0.3, 0.4) is 0 Å². The minimum atomic E-state index is -1.18. The number of amides is 1. The lowest BCUT2D eigenvalue weighted by Crippen LogP contribution is -2.31. The molecule has 1 aliphatic heterocycles. The van der Waals surface area contributed by atoms with Crippen molar-refractivity contribution in [3.63, 3.8) is 0 Å². The van der Waals surface area contributed by atoms with Gasteiger partial charge in [0.15, 0.2) is 0 Å². The molecule has 2 N–H and O–H groups in total. The SMILES string of the molecule is C[C@@H]1C[C@@H](C(=O)O)n2c1ncc(NC(=O)c1cc(-c3c(F)cccc3F)no1)c2=O. The van der Waals surface area contributed by atoms with Crippen LogP contribution < -0.4 is 10.9 Å². The fraction of sp³-hybridized carbons (Fsp3) is 0.211. The molecule has 2 aromatic heterocycles. The highest BCUT2D eigenvalue weighted by Gasteiger charge is 2.35. The molecule has 4 rings (SSSR count). The first-order valence-corrected chi connectivity index (χ1v) is 8.84. The third-order valence-electron chi connectivity index (χ3n) is 4.84. The zero-order valence-electron chi connectivity index (χ0n) is 15.4. The summed E-state index contributed by atoms with van der Waals surface area (Å²) in [7, 11) is 0. The van der Waals surface area contributed by atoms with Crippen LogP contribution in [0.4, 0.5) is 14.5 Å². The molecule has 3 heterocycles. The van der Waals surface area contributed by atoms with Gasteiger partial charge < -0.3 is 14.9 Å². The molecule has 0 radical (unpaired) electrons. The van der Waals surface area contributed by atoms with Gasteiger partial charge in [0.05, 0.1) is 11.8 Å². The number of carbonyl (C=O) groups is 2. The number of fused-ring (bicyclic) bond motifs is 1. The Labute approximate surface area is 167 Å². The van der Waals surface area contributed by atoms with Crippen LogP contribution in [0.15, 0.2) is 39.8 Å². The number of hydrogen-bond donors (Lipinski definition) is 2. The van der Waals surface area contributed by atoms with Gasteiger partial charge in [-0.25, -0.2) is 18.6 Å². The van der Waals surface area contributed by atoms with Gasteiger partial charge in [0.1, 0.15) is 34.9 Å². The Morgan fingerprint density at radius 3 is 2.67 bits per heavy atom. The number of rotatable bonds is 4. The molecular formula is C19H14F2N4O5. The Morgan fingerprint density at radius 1 is 1.30 bits per heavy atom. The minimum Gasteiger partial charge on any atom is -0.480 e. The zero-order valence-corrected chi connectivity index (χ0v) is 15.4. The van der Waals surface area contributed by atoms with E-state index >= 15 is 0 Å². The summed E-state index contributed by atoms with van der Waals surface area (Å²) in [6, 6.07) is 3.18. The van der Waals surface area contributed by atoms with Crippen LogP contribution >= 0.6 is 0 Å². The van der Waals surface area contributed by atoms with Crippen LogP contribution in [0, 0.1) is 11.6 Å². The maximum atomic E-state index is 13.9. The molecule has 9 nitrogen and oxygen atoms in total. The predicted molar refractivity (Wildman–Crippen MR) is 98.0 cm³/mol. The Balaban J connectivity index is 1.63. The molecule has 2 atom stereocenters. The molecule has 3 aromatic rings. The normalized spacial score (nSPS) is 17.6. The van der Waals surface area contributed by atoms with Gasteiger partial charge in [0.25, 0.3) is 11.5 Å². The molecule has 0 spiro atoms. The molecule has 1 aromatic carbocycles. The van der Waals surface area contributed by atoms with E-state index in [1.807, 2.05) is 0 Å². The average molecular weight is 416 g/mol. The van der Waals surface area contributed by atoms with Crippen molar-refractivity contribution in [2.75, 3.05) is 5.32 Å². The molecule has 11 heteroatoms. The van der Waals surface area contributed by atoms with Gasteiger partial charge in [-0.05, 0) is 18.6 Å². The number of halogens is 2. The Kier molecular flexibility index (Phi) is 4.65. The van der Waals surface area contributed by atoms with E-state index in [0.29, 0.717) is 5.82 Å². The Bertz CT molecular complexity index is 1220. The van der Waals surface area contributed by atoms with Gasteiger partial charge in [-0.1, -0.05) is 18.1 Å². The second-order valence-electron chi connectivity index (χ2n) is 6.82. The monoisotopic (exact) mass is 416 g/mol. The Hall–Kier alpha value is -3.89. The number of aliphatic carboxylic acids is 1. The van der Waals surface area contributed by atoms with Crippen LogP contribution in [-0.2, 0) is 4.79 Å². The summed E-state index contributed by atoms with van der Waals surface area (Å²) in [5.74, 6) is -4.20. The number of anilines is 1. The van der Waals surface area contributed by atoms with E-state index in [0.717, 1.165) is 29.0 Å². The maximum Gasteiger partial charge on any atom is 0.326 e. The summed E-state index contributed by atoms with van der Waals surface area (Å²) >= 11 is 0. The second-order valence-corrected chi connectivity index (χ2v) is 6.82. The summed E-state index contributed by atoms with van der Waals surface area (Å²) in [6.07, 6.45) is 1.33. The molecule has 0 fully saturated rings. The van der Waals surface area contributed by atoms with E-state index in [4.69, 9.17) is 4.52 Å². The third-order valence-corrected chi connectivity index (χ3v) is 4.84. The lowest BCUT2D eigenvalue weighted by molar-refractivity contribution is -0.140. The molecule has 30 heavy (non-hydrogen) atoms. The second kappa shape index (κ2) is 7.17. The summed E-state index contributed by atoms with van der Waals surface area (Å²) in [4.78, 5) is 40.7. The number of nitrogens with zero attached hydrogens (tertiary/aromatic N) is 3. The first kappa shape index (κ1) is 19.4. The lowest BCUT2D eigenvalue weighted by atomic mass is 10.1. The van der Waals surface area contributed by atoms with Gasteiger partial charge >= 0.3 is 5.97 Å². The number of carboxylic acids is 1. The number of benzene rings is 1. The molecule has 0 aliphatic carbocycles. The van der Waals surface area contributed by atoms with Crippen LogP contribution in [0.1, 0.15) is 41.7 Å². The van der Waals surface area contributed by atoms with Gasteiger partial charge in [-0.15, -0.1) is 0 Å². The van der Waals surface area contributed by atoms with E-state index in [9.17, 15) is 28.3 Å². The van der Waals surface area contributed by atoms with E-state index in [1.165, 1.54) is 6.07 Å². The molecule has 0 saturated heterocycles. The zero-order chi connectivity index (χ0) is 21.6. The van der Waals surface area contributed by atoms with Gasteiger partial charge in [-0.3, -0.25) is 14.2 Å². The highest BCUT2D eigenvalue weighted by Crippen LogP contribution is 2.33. The van der Waals surface area contributed by atoms with Crippen LogP contribution in [0.2, 0.25) is 0 Å². The van der Waals surface area contributed by atoms with Crippen molar-refractivity contribution in [1.82, 2.24) is 14.7 Å². The molecule has 0 saturated carbocycles. The molecule has 1 amide bonds. The van der Waals surface area contributed by atoms with Crippen molar-refractivity contribution in [2.45, 2.75) is 25.3 Å². The molecular weight excluding hydrogens is 402 g/mol. The van der Waals surface area contributed by atoms with E-state index in [2.05, 4.69) is 15.5 Å². The predicted octanol–water partition coefficient (Wildman–Crippen LogP) is 2.56. The fourth-order valence-corrected chi connectivity index (χ4v) is 3.42. The van der Waals surface area contributed by atoms with E-state index in [1.54, 1.807) is 6.92 Å². The molecule has 0 unspecified atom stereocenters. The topological polar surface area (TPSA) is 127 Å². The lowest BCUT2D eigenvalue weighted by Gasteiger charge is -2.11.